The highest BCUT2D eigenvalue weighted by molar-refractivity contribution is 5.10. The van der Waals surface area contributed by atoms with Gasteiger partial charge in [-0.15, -0.1) is 0 Å². The Morgan fingerprint density at radius 3 is 2.08 bits per heavy atom. The predicted molar refractivity (Wildman–Crippen MR) is 53.7 cm³/mol. The molecule has 1 N–H and O–H groups in total. The van der Waals surface area contributed by atoms with Gasteiger partial charge in [0.1, 0.15) is 0 Å². The fraction of sp³-hybridized carbons (Fsp3) is 1.00. The molecule has 2 nitrogen and oxygen atoms in total. The minimum absolute atomic E-state index is 0.551. The summed E-state index contributed by atoms with van der Waals surface area (Å²) in [4.78, 5) is 2.74. The van der Waals surface area contributed by atoms with Crippen LogP contribution in [0.4, 0.5) is 0 Å². The van der Waals surface area contributed by atoms with Crippen LogP contribution in [-0.4, -0.2) is 37.1 Å². The Morgan fingerprint density at radius 2 is 1.62 bits per heavy atom. The lowest BCUT2D eigenvalue weighted by atomic mass is 9.71. The fourth-order valence-corrected chi connectivity index (χ4v) is 3.18. The van der Waals surface area contributed by atoms with Gasteiger partial charge in [0.05, 0.1) is 0 Å². The van der Waals surface area contributed by atoms with Crippen LogP contribution in [0.5, 0.6) is 0 Å². The molecule has 2 atom stereocenters. The van der Waals surface area contributed by atoms with E-state index < -0.39 is 0 Å². The quantitative estimate of drug-likeness (QED) is 0.649. The van der Waals surface area contributed by atoms with Crippen LogP contribution in [-0.2, 0) is 0 Å². The third kappa shape index (κ3) is 1.02. The van der Waals surface area contributed by atoms with Crippen molar-refractivity contribution in [1.82, 2.24) is 10.2 Å². The van der Waals surface area contributed by atoms with E-state index in [2.05, 4.69) is 24.1 Å². The molecular formula is C11H20N2. The molecule has 2 aliphatic heterocycles. The molecule has 0 aromatic heterocycles. The van der Waals surface area contributed by atoms with Crippen molar-refractivity contribution in [3.05, 3.63) is 0 Å². The highest BCUT2D eigenvalue weighted by Gasteiger charge is 2.56. The fourth-order valence-electron chi connectivity index (χ4n) is 3.18. The monoisotopic (exact) mass is 180 g/mol. The molecule has 2 heteroatoms. The SMILES string of the molecule is C[C@]12CNC[C@]1(C)CN(C1CC1)C2. The number of hydrogen-bond acceptors (Lipinski definition) is 2. The van der Waals surface area contributed by atoms with Crippen molar-refractivity contribution in [2.75, 3.05) is 26.2 Å². The Morgan fingerprint density at radius 1 is 1.08 bits per heavy atom. The summed E-state index contributed by atoms with van der Waals surface area (Å²) in [7, 11) is 0. The molecular weight excluding hydrogens is 160 g/mol. The van der Waals surface area contributed by atoms with Crippen LogP contribution in [0.15, 0.2) is 0 Å². The number of fused-ring (bicyclic) bond motifs is 1. The Kier molecular flexibility index (Phi) is 1.45. The van der Waals surface area contributed by atoms with E-state index in [9.17, 15) is 0 Å². The molecule has 3 rings (SSSR count). The Bertz CT molecular complexity index is 218. The lowest BCUT2D eigenvalue weighted by molar-refractivity contribution is 0.212. The third-order valence-corrected chi connectivity index (χ3v) is 4.65. The molecule has 0 aromatic carbocycles. The molecule has 3 fully saturated rings. The summed E-state index contributed by atoms with van der Waals surface area (Å²) in [5, 5.41) is 3.56. The van der Waals surface area contributed by atoms with Gasteiger partial charge < -0.3 is 5.32 Å². The van der Waals surface area contributed by atoms with Crippen LogP contribution < -0.4 is 5.32 Å². The van der Waals surface area contributed by atoms with Crippen LogP contribution in [0.1, 0.15) is 26.7 Å². The van der Waals surface area contributed by atoms with Gasteiger partial charge in [0, 0.05) is 43.1 Å². The second kappa shape index (κ2) is 2.29. The summed E-state index contributed by atoms with van der Waals surface area (Å²) in [5.74, 6) is 0. The maximum absolute atomic E-state index is 3.56. The van der Waals surface area contributed by atoms with E-state index in [0.717, 1.165) is 6.04 Å². The predicted octanol–water partition coefficient (Wildman–Crippen LogP) is 1.08. The largest absolute Gasteiger partial charge is 0.316 e. The summed E-state index contributed by atoms with van der Waals surface area (Å²) in [6.45, 7) is 10.1. The number of likely N-dealkylation sites (tertiary alicyclic amines) is 1. The highest BCUT2D eigenvalue weighted by Crippen LogP contribution is 2.50. The minimum Gasteiger partial charge on any atom is -0.316 e. The van der Waals surface area contributed by atoms with E-state index in [-0.39, 0.29) is 0 Å². The van der Waals surface area contributed by atoms with E-state index in [1.807, 2.05) is 0 Å². The lowest BCUT2D eigenvalue weighted by Gasteiger charge is -2.31. The van der Waals surface area contributed by atoms with Gasteiger partial charge in [0.2, 0.25) is 0 Å². The topological polar surface area (TPSA) is 15.3 Å². The highest BCUT2D eigenvalue weighted by atomic mass is 15.3. The molecule has 2 heterocycles. The zero-order valence-corrected chi connectivity index (χ0v) is 8.77. The number of hydrogen-bond donors (Lipinski definition) is 1. The van der Waals surface area contributed by atoms with E-state index in [1.165, 1.54) is 39.0 Å². The van der Waals surface area contributed by atoms with Crippen LogP contribution >= 0.6 is 0 Å². The summed E-state index contributed by atoms with van der Waals surface area (Å²) in [5.41, 5.74) is 1.10. The summed E-state index contributed by atoms with van der Waals surface area (Å²) in [6, 6.07) is 0.958. The molecule has 13 heavy (non-hydrogen) atoms. The van der Waals surface area contributed by atoms with Gasteiger partial charge in [0.15, 0.2) is 0 Å². The summed E-state index contributed by atoms with van der Waals surface area (Å²) < 4.78 is 0. The van der Waals surface area contributed by atoms with Crippen LogP contribution in [0.25, 0.3) is 0 Å². The second-order valence-electron chi connectivity index (χ2n) is 5.86. The van der Waals surface area contributed by atoms with Crippen molar-refractivity contribution in [3.63, 3.8) is 0 Å². The van der Waals surface area contributed by atoms with Gasteiger partial charge in [-0.3, -0.25) is 4.90 Å². The first kappa shape index (κ1) is 8.25. The molecule has 0 aromatic rings. The van der Waals surface area contributed by atoms with Crippen LogP contribution in [0, 0.1) is 10.8 Å². The Labute approximate surface area is 80.7 Å². The number of nitrogens with zero attached hydrogens (tertiary/aromatic N) is 1. The standard InChI is InChI=1S/C11H20N2/c1-10-5-12-6-11(10,2)8-13(7-10)9-3-4-9/h9,12H,3-8H2,1-2H3/t10-,11-/m1/s1. The molecule has 3 aliphatic rings. The average molecular weight is 180 g/mol. The molecule has 74 valence electrons. The van der Waals surface area contributed by atoms with Crippen LogP contribution in [0.2, 0.25) is 0 Å². The molecule has 0 spiro atoms. The van der Waals surface area contributed by atoms with Crippen molar-refractivity contribution in [1.29, 1.82) is 0 Å². The zero-order chi connectivity index (χ0) is 9.10. The van der Waals surface area contributed by atoms with Gasteiger partial charge in [-0.05, 0) is 12.8 Å². The third-order valence-electron chi connectivity index (χ3n) is 4.65. The lowest BCUT2D eigenvalue weighted by Crippen LogP contribution is -2.34. The molecule has 1 saturated carbocycles. The van der Waals surface area contributed by atoms with Crippen LogP contribution in [0.3, 0.4) is 0 Å². The normalized spacial score (nSPS) is 51.2. The molecule has 2 saturated heterocycles. The van der Waals surface area contributed by atoms with Gasteiger partial charge in [-0.2, -0.15) is 0 Å². The first-order valence-corrected chi connectivity index (χ1v) is 5.58. The molecule has 0 unspecified atom stereocenters. The van der Waals surface area contributed by atoms with E-state index in [0.29, 0.717) is 10.8 Å². The number of rotatable bonds is 1. The van der Waals surface area contributed by atoms with E-state index in [1.54, 1.807) is 0 Å². The van der Waals surface area contributed by atoms with Crippen molar-refractivity contribution >= 4 is 0 Å². The van der Waals surface area contributed by atoms with E-state index >= 15 is 0 Å². The van der Waals surface area contributed by atoms with Gasteiger partial charge in [0.25, 0.3) is 0 Å². The van der Waals surface area contributed by atoms with Crippen molar-refractivity contribution in [2.45, 2.75) is 32.7 Å². The van der Waals surface area contributed by atoms with Crippen molar-refractivity contribution in [3.8, 4) is 0 Å². The molecule has 0 bridgehead atoms. The molecule has 1 aliphatic carbocycles. The first-order valence-electron chi connectivity index (χ1n) is 5.58. The van der Waals surface area contributed by atoms with Crippen molar-refractivity contribution < 1.29 is 0 Å². The maximum atomic E-state index is 3.56. The van der Waals surface area contributed by atoms with E-state index in [4.69, 9.17) is 0 Å². The van der Waals surface area contributed by atoms with Gasteiger partial charge >= 0.3 is 0 Å². The van der Waals surface area contributed by atoms with Crippen molar-refractivity contribution in [2.24, 2.45) is 10.8 Å². The summed E-state index contributed by atoms with van der Waals surface area (Å²) in [6.07, 6.45) is 2.92. The van der Waals surface area contributed by atoms with Gasteiger partial charge in [-0.1, -0.05) is 13.8 Å². The van der Waals surface area contributed by atoms with Gasteiger partial charge in [-0.25, -0.2) is 0 Å². The number of nitrogens with one attached hydrogen (secondary N) is 1. The summed E-state index contributed by atoms with van der Waals surface area (Å²) >= 11 is 0. The smallest absolute Gasteiger partial charge is 0.00969 e. The maximum Gasteiger partial charge on any atom is 0.00969 e. The zero-order valence-electron chi connectivity index (χ0n) is 8.77. The average Bonchev–Trinajstić information content (AvgIpc) is 2.76. The molecule has 0 radical (unpaired) electrons. The second-order valence-corrected chi connectivity index (χ2v) is 5.86. The molecule has 0 amide bonds. The minimum atomic E-state index is 0.551. The first-order chi connectivity index (χ1) is 6.13. The Balaban J connectivity index is 1.84. The Hall–Kier alpha value is -0.0800.